The van der Waals surface area contributed by atoms with E-state index in [1.165, 1.54) is 32.1 Å². The van der Waals surface area contributed by atoms with Gasteiger partial charge in [0.05, 0.1) is 0 Å². The average molecular weight is 295 g/mol. The Morgan fingerprint density at radius 2 is 1.76 bits per heavy atom. The van der Waals surface area contributed by atoms with Crippen molar-refractivity contribution in [2.45, 2.75) is 57.4 Å². The third-order valence-electron chi connectivity index (χ3n) is 5.00. The Balaban J connectivity index is 1.65. The normalized spacial score (nSPS) is 28.4. The molecule has 0 aliphatic heterocycles. The molecule has 0 heterocycles. The predicted molar refractivity (Wildman–Crippen MR) is 82.9 cm³/mol. The number of urea groups is 1. The highest BCUT2D eigenvalue weighted by Crippen LogP contribution is 2.40. The maximum atomic E-state index is 11.9. The van der Waals surface area contributed by atoms with Gasteiger partial charge >= 0.3 is 6.03 Å². The van der Waals surface area contributed by atoms with Crippen molar-refractivity contribution in [1.82, 2.24) is 15.5 Å². The SMILES string of the molecule is CN(C)C(=O)CCNC(=O)N[C@@H]1CC[C@@H]2CCCC[C@H]2C1. The first-order chi connectivity index (χ1) is 10.1. The minimum absolute atomic E-state index is 0.0398. The first-order valence-electron chi connectivity index (χ1n) is 8.30. The van der Waals surface area contributed by atoms with E-state index in [-0.39, 0.29) is 11.9 Å². The number of carbonyl (C=O) groups is 2. The standard InChI is InChI=1S/C16H29N3O2/c1-19(2)15(20)9-10-17-16(21)18-14-8-7-12-5-3-4-6-13(12)11-14/h12-14H,3-11H2,1-2H3,(H2,17,18,21)/t12-,13-,14+/m0/s1. The van der Waals surface area contributed by atoms with Gasteiger partial charge in [-0.1, -0.05) is 25.7 Å². The van der Waals surface area contributed by atoms with Gasteiger partial charge in [0.15, 0.2) is 0 Å². The van der Waals surface area contributed by atoms with Crippen LogP contribution in [0.25, 0.3) is 0 Å². The van der Waals surface area contributed by atoms with Crippen molar-refractivity contribution < 1.29 is 9.59 Å². The van der Waals surface area contributed by atoms with E-state index >= 15 is 0 Å². The number of fused-ring (bicyclic) bond motifs is 1. The molecule has 0 aromatic heterocycles. The summed E-state index contributed by atoms with van der Waals surface area (Å²) in [5, 5.41) is 5.87. The van der Waals surface area contributed by atoms with Crippen molar-refractivity contribution in [2.75, 3.05) is 20.6 Å². The Labute approximate surface area is 127 Å². The molecule has 0 aromatic carbocycles. The third-order valence-corrected chi connectivity index (χ3v) is 5.00. The van der Waals surface area contributed by atoms with Crippen LogP contribution in [0.2, 0.25) is 0 Å². The number of carbonyl (C=O) groups excluding carboxylic acids is 2. The Hall–Kier alpha value is -1.26. The van der Waals surface area contributed by atoms with Crippen LogP contribution in [0.3, 0.4) is 0 Å². The molecule has 0 saturated heterocycles. The third kappa shape index (κ3) is 4.90. The molecule has 21 heavy (non-hydrogen) atoms. The summed E-state index contributed by atoms with van der Waals surface area (Å²) in [7, 11) is 3.45. The fourth-order valence-electron chi connectivity index (χ4n) is 3.75. The largest absolute Gasteiger partial charge is 0.349 e. The van der Waals surface area contributed by atoms with Gasteiger partial charge < -0.3 is 15.5 Å². The molecule has 3 atom stereocenters. The Morgan fingerprint density at radius 3 is 2.48 bits per heavy atom. The molecule has 2 aliphatic rings. The monoisotopic (exact) mass is 295 g/mol. The van der Waals surface area contributed by atoms with Crippen molar-refractivity contribution in [3.05, 3.63) is 0 Å². The van der Waals surface area contributed by atoms with Gasteiger partial charge in [-0.2, -0.15) is 0 Å². The minimum atomic E-state index is -0.124. The second-order valence-electron chi connectivity index (χ2n) is 6.75. The molecule has 2 saturated carbocycles. The maximum Gasteiger partial charge on any atom is 0.315 e. The molecule has 3 amide bonds. The molecule has 5 nitrogen and oxygen atoms in total. The summed E-state index contributed by atoms with van der Waals surface area (Å²) in [5.74, 6) is 1.75. The lowest BCUT2D eigenvalue weighted by Crippen LogP contribution is -2.46. The van der Waals surface area contributed by atoms with Crippen LogP contribution in [0, 0.1) is 11.8 Å². The summed E-state index contributed by atoms with van der Waals surface area (Å²) in [6.07, 6.45) is 9.31. The second-order valence-corrected chi connectivity index (χ2v) is 6.75. The molecule has 0 radical (unpaired) electrons. The average Bonchev–Trinajstić information content (AvgIpc) is 2.46. The Morgan fingerprint density at radius 1 is 1.05 bits per heavy atom. The van der Waals surface area contributed by atoms with Crippen molar-refractivity contribution >= 4 is 11.9 Å². The molecule has 5 heteroatoms. The lowest BCUT2D eigenvalue weighted by molar-refractivity contribution is -0.128. The zero-order chi connectivity index (χ0) is 15.2. The van der Waals surface area contributed by atoms with Crippen LogP contribution in [-0.4, -0.2) is 43.5 Å². The number of nitrogens with one attached hydrogen (secondary N) is 2. The van der Waals surface area contributed by atoms with E-state index in [2.05, 4.69) is 10.6 Å². The van der Waals surface area contributed by atoms with Crippen LogP contribution in [0.15, 0.2) is 0 Å². The number of hydrogen-bond acceptors (Lipinski definition) is 2. The number of rotatable bonds is 4. The predicted octanol–water partition coefficient (Wildman–Crippen LogP) is 2.12. The molecular weight excluding hydrogens is 266 g/mol. The second kappa shape index (κ2) is 7.66. The summed E-state index contributed by atoms with van der Waals surface area (Å²) in [4.78, 5) is 24.8. The summed E-state index contributed by atoms with van der Waals surface area (Å²) < 4.78 is 0. The van der Waals surface area contributed by atoms with E-state index in [1.807, 2.05) is 0 Å². The smallest absolute Gasteiger partial charge is 0.315 e. The first kappa shape index (κ1) is 16.1. The summed E-state index contributed by atoms with van der Waals surface area (Å²) >= 11 is 0. The summed E-state index contributed by atoms with van der Waals surface area (Å²) in [6.45, 7) is 0.404. The van der Waals surface area contributed by atoms with Crippen molar-refractivity contribution in [3.8, 4) is 0 Å². The van der Waals surface area contributed by atoms with Gasteiger partial charge in [0.1, 0.15) is 0 Å². The van der Waals surface area contributed by atoms with Crippen LogP contribution in [-0.2, 0) is 4.79 Å². The highest BCUT2D eigenvalue weighted by molar-refractivity contribution is 5.78. The summed E-state index contributed by atoms with van der Waals surface area (Å²) in [6, 6.07) is 0.190. The minimum Gasteiger partial charge on any atom is -0.349 e. The van der Waals surface area contributed by atoms with Gasteiger partial charge in [-0.05, 0) is 31.1 Å². The molecular formula is C16H29N3O2. The highest BCUT2D eigenvalue weighted by atomic mass is 16.2. The fraction of sp³-hybridized carbons (Fsp3) is 0.875. The maximum absolute atomic E-state index is 11.9. The first-order valence-corrected chi connectivity index (χ1v) is 8.30. The zero-order valence-corrected chi connectivity index (χ0v) is 13.4. The lowest BCUT2D eigenvalue weighted by Gasteiger charge is -2.39. The molecule has 120 valence electrons. The Bertz CT molecular complexity index is 371. The van der Waals surface area contributed by atoms with Crippen LogP contribution in [0.4, 0.5) is 4.79 Å². The molecule has 2 aliphatic carbocycles. The van der Waals surface area contributed by atoms with Crippen molar-refractivity contribution in [1.29, 1.82) is 0 Å². The molecule has 2 fully saturated rings. The van der Waals surface area contributed by atoms with E-state index in [0.717, 1.165) is 24.7 Å². The van der Waals surface area contributed by atoms with Gasteiger partial charge in [0, 0.05) is 33.1 Å². The van der Waals surface area contributed by atoms with Crippen LogP contribution >= 0.6 is 0 Å². The molecule has 2 N–H and O–H groups in total. The molecule has 0 spiro atoms. The molecule has 0 aromatic rings. The Kier molecular flexibility index (Phi) is 5.88. The van der Waals surface area contributed by atoms with Gasteiger partial charge in [-0.15, -0.1) is 0 Å². The van der Waals surface area contributed by atoms with E-state index in [1.54, 1.807) is 19.0 Å². The van der Waals surface area contributed by atoms with E-state index in [0.29, 0.717) is 19.0 Å². The topological polar surface area (TPSA) is 61.4 Å². The van der Waals surface area contributed by atoms with Gasteiger partial charge in [-0.3, -0.25) is 4.79 Å². The van der Waals surface area contributed by atoms with E-state index in [9.17, 15) is 9.59 Å². The quantitative estimate of drug-likeness (QED) is 0.834. The van der Waals surface area contributed by atoms with Crippen LogP contribution in [0.1, 0.15) is 51.4 Å². The number of amides is 3. The van der Waals surface area contributed by atoms with Gasteiger partial charge in [-0.25, -0.2) is 4.79 Å². The van der Waals surface area contributed by atoms with Crippen molar-refractivity contribution in [3.63, 3.8) is 0 Å². The van der Waals surface area contributed by atoms with E-state index in [4.69, 9.17) is 0 Å². The van der Waals surface area contributed by atoms with Crippen molar-refractivity contribution in [2.24, 2.45) is 11.8 Å². The van der Waals surface area contributed by atoms with Gasteiger partial charge in [0.2, 0.25) is 5.91 Å². The number of hydrogen-bond donors (Lipinski definition) is 2. The van der Waals surface area contributed by atoms with Crippen LogP contribution < -0.4 is 10.6 Å². The lowest BCUT2D eigenvalue weighted by atomic mass is 9.69. The zero-order valence-electron chi connectivity index (χ0n) is 13.4. The number of nitrogens with zero attached hydrogens (tertiary/aromatic N) is 1. The van der Waals surface area contributed by atoms with E-state index < -0.39 is 0 Å². The fourth-order valence-corrected chi connectivity index (χ4v) is 3.75. The van der Waals surface area contributed by atoms with Crippen LogP contribution in [0.5, 0.6) is 0 Å². The van der Waals surface area contributed by atoms with Gasteiger partial charge in [0.25, 0.3) is 0 Å². The highest BCUT2D eigenvalue weighted by Gasteiger charge is 2.32. The molecule has 0 bridgehead atoms. The molecule has 0 unspecified atom stereocenters. The summed E-state index contributed by atoms with van der Waals surface area (Å²) in [5.41, 5.74) is 0. The molecule has 2 rings (SSSR count).